The Kier molecular flexibility index (Phi) is 3.94. The summed E-state index contributed by atoms with van der Waals surface area (Å²) in [6.45, 7) is 7.96. The van der Waals surface area contributed by atoms with Gasteiger partial charge >= 0.3 is 11.1 Å². The summed E-state index contributed by atoms with van der Waals surface area (Å²) in [6, 6.07) is 5.45. The average molecular weight is 276 g/mol. The van der Waals surface area contributed by atoms with Crippen LogP contribution in [0.15, 0.2) is 27.8 Å². The van der Waals surface area contributed by atoms with E-state index in [9.17, 15) is 9.59 Å². The smallest absolute Gasteiger partial charge is 0.314 e. The van der Waals surface area contributed by atoms with E-state index in [-0.39, 0.29) is 5.54 Å². The highest BCUT2D eigenvalue weighted by Gasteiger charge is 2.07. The Morgan fingerprint density at radius 3 is 2.30 bits per heavy atom. The van der Waals surface area contributed by atoms with Gasteiger partial charge in [0.15, 0.2) is 0 Å². The fourth-order valence-electron chi connectivity index (χ4n) is 1.87. The molecule has 2 rings (SSSR count). The number of anilines is 1. The standard InChI is InChI=1S/C14H20N4O2/c1-14(2,3)16-7-6-15-9-4-5-10-11(8-9)18-13(20)12(19)17-10/h4-5,8,15-16H,6-7H2,1-3H3,(H,17,19)(H,18,20). The van der Waals surface area contributed by atoms with E-state index < -0.39 is 11.1 Å². The summed E-state index contributed by atoms with van der Waals surface area (Å²) < 4.78 is 0. The Bertz CT molecular complexity index is 709. The predicted octanol–water partition coefficient (Wildman–Crippen LogP) is 1.02. The first-order chi connectivity index (χ1) is 9.35. The molecule has 6 heteroatoms. The molecule has 108 valence electrons. The topological polar surface area (TPSA) is 89.8 Å². The van der Waals surface area contributed by atoms with Gasteiger partial charge in [-0.2, -0.15) is 0 Å². The van der Waals surface area contributed by atoms with E-state index in [1.807, 2.05) is 12.1 Å². The van der Waals surface area contributed by atoms with E-state index in [2.05, 4.69) is 41.4 Å². The summed E-state index contributed by atoms with van der Waals surface area (Å²) in [4.78, 5) is 27.6. The number of fused-ring (bicyclic) bond motifs is 1. The van der Waals surface area contributed by atoms with Crippen LogP contribution in [0.1, 0.15) is 20.8 Å². The van der Waals surface area contributed by atoms with Crippen molar-refractivity contribution in [1.82, 2.24) is 15.3 Å². The molecule has 4 N–H and O–H groups in total. The van der Waals surface area contributed by atoms with Crippen molar-refractivity contribution < 1.29 is 0 Å². The molecule has 0 unspecified atom stereocenters. The molecule has 2 aromatic rings. The number of rotatable bonds is 4. The summed E-state index contributed by atoms with van der Waals surface area (Å²) in [5.41, 5.74) is 0.958. The molecule has 0 aliphatic carbocycles. The number of aromatic amines is 2. The summed E-state index contributed by atoms with van der Waals surface area (Å²) >= 11 is 0. The molecule has 1 aromatic heterocycles. The minimum absolute atomic E-state index is 0.0930. The molecule has 0 saturated carbocycles. The van der Waals surface area contributed by atoms with Crippen molar-refractivity contribution in [2.75, 3.05) is 18.4 Å². The van der Waals surface area contributed by atoms with Crippen molar-refractivity contribution >= 4 is 16.7 Å². The zero-order valence-corrected chi connectivity index (χ0v) is 12.0. The quantitative estimate of drug-likeness (QED) is 0.496. The highest BCUT2D eigenvalue weighted by molar-refractivity contribution is 5.78. The van der Waals surface area contributed by atoms with Gasteiger partial charge in [-0.15, -0.1) is 0 Å². The Hall–Kier alpha value is -2.08. The molecule has 0 aliphatic heterocycles. The zero-order chi connectivity index (χ0) is 14.8. The lowest BCUT2D eigenvalue weighted by molar-refractivity contribution is 0.435. The van der Waals surface area contributed by atoms with Gasteiger partial charge < -0.3 is 20.6 Å². The van der Waals surface area contributed by atoms with Gasteiger partial charge in [0.05, 0.1) is 11.0 Å². The van der Waals surface area contributed by atoms with Crippen LogP contribution in [0.3, 0.4) is 0 Å². The monoisotopic (exact) mass is 276 g/mol. The third kappa shape index (κ3) is 3.71. The van der Waals surface area contributed by atoms with E-state index in [1.54, 1.807) is 6.07 Å². The highest BCUT2D eigenvalue weighted by Crippen LogP contribution is 2.13. The van der Waals surface area contributed by atoms with Gasteiger partial charge in [-0.1, -0.05) is 0 Å². The van der Waals surface area contributed by atoms with Gasteiger partial charge in [0.1, 0.15) is 0 Å². The maximum absolute atomic E-state index is 11.3. The minimum Gasteiger partial charge on any atom is -0.384 e. The molecule has 0 aliphatic rings. The zero-order valence-electron chi connectivity index (χ0n) is 12.0. The van der Waals surface area contributed by atoms with E-state index in [0.29, 0.717) is 11.0 Å². The van der Waals surface area contributed by atoms with Crippen molar-refractivity contribution in [2.45, 2.75) is 26.3 Å². The highest BCUT2D eigenvalue weighted by atomic mass is 16.2. The molecule has 0 spiro atoms. The molecular weight excluding hydrogens is 256 g/mol. The van der Waals surface area contributed by atoms with Crippen LogP contribution in [0.2, 0.25) is 0 Å². The number of hydrogen-bond donors (Lipinski definition) is 4. The third-order valence-corrected chi connectivity index (χ3v) is 2.83. The number of aromatic nitrogens is 2. The molecule has 0 bridgehead atoms. The molecule has 1 aromatic carbocycles. The van der Waals surface area contributed by atoms with Crippen LogP contribution in [0.25, 0.3) is 11.0 Å². The third-order valence-electron chi connectivity index (χ3n) is 2.83. The van der Waals surface area contributed by atoms with E-state index in [4.69, 9.17) is 0 Å². The van der Waals surface area contributed by atoms with E-state index in [1.165, 1.54) is 0 Å². The Morgan fingerprint density at radius 2 is 1.65 bits per heavy atom. The minimum atomic E-state index is -0.635. The number of hydrogen-bond acceptors (Lipinski definition) is 4. The first-order valence-electron chi connectivity index (χ1n) is 6.60. The number of nitrogens with one attached hydrogen (secondary N) is 4. The summed E-state index contributed by atoms with van der Waals surface area (Å²) in [7, 11) is 0. The first-order valence-corrected chi connectivity index (χ1v) is 6.60. The molecule has 1 heterocycles. The van der Waals surface area contributed by atoms with Crippen molar-refractivity contribution in [2.24, 2.45) is 0 Å². The largest absolute Gasteiger partial charge is 0.384 e. The lowest BCUT2D eigenvalue weighted by atomic mass is 10.1. The normalized spacial score (nSPS) is 11.8. The maximum Gasteiger partial charge on any atom is 0.314 e. The van der Waals surface area contributed by atoms with Crippen LogP contribution in [-0.2, 0) is 0 Å². The van der Waals surface area contributed by atoms with Crippen molar-refractivity contribution in [3.8, 4) is 0 Å². The molecule has 0 saturated heterocycles. The van der Waals surface area contributed by atoms with Gasteiger partial charge in [-0.25, -0.2) is 0 Å². The average Bonchev–Trinajstić information content (AvgIpc) is 2.35. The fraction of sp³-hybridized carbons (Fsp3) is 0.429. The first kappa shape index (κ1) is 14.3. The van der Waals surface area contributed by atoms with Crippen LogP contribution >= 0.6 is 0 Å². The van der Waals surface area contributed by atoms with Crippen LogP contribution in [-0.4, -0.2) is 28.6 Å². The molecule has 0 radical (unpaired) electrons. The molecule has 0 fully saturated rings. The van der Waals surface area contributed by atoms with Gasteiger partial charge in [0, 0.05) is 24.3 Å². The van der Waals surface area contributed by atoms with Crippen molar-refractivity contribution in [1.29, 1.82) is 0 Å². The second-order valence-corrected chi connectivity index (χ2v) is 5.77. The van der Waals surface area contributed by atoms with Gasteiger partial charge in [-0.3, -0.25) is 9.59 Å². The number of H-pyrrole nitrogens is 2. The van der Waals surface area contributed by atoms with E-state index >= 15 is 0 Å². The Labute approximate surface area is 116 Å². The SMILES string of the molecule is CC(C)(C)NCCNc1ccc2[nH]c(=O)c(=O)[nH]c2c1. The maximum atomic E-state index is 11.3. The summed E-state index contributed by atoms with van der Waals surface area (Å²) in [5.74, 6) is 0. The van der Waals surface area contributed by atoms with Crippen molar-refractivity contribution in [3.63, 3.8) is 0 Å². The molecule has 20 heavy (non-hydrogen) atoms. The Balaban J connectivity index is 2.07. The van der Waals surface area contributed by atoms with Crippen LogP contribution < -0.4 is 21.8 Å². The van der Waals surface area contributed by atoms with Gasteiger partial charge in [0.25, 0.3) is 0 Å². The lowest BCUT2D eigenvalue weighted by Gasteiger charge is -2.20. The van der Waals surface area contributed by atoms with Crippen LogP contribution in [0.5, 0.6) is 0 Å². The predicted molar refractivity (Wildman–Crippen MR) is 81.4 cm³/mol. The fourth-order valence-corrected chi connectivity index (χ4v) is 1.87. The summed E-state index contributed by atoms with van der Waals surface area (Å²) in [6.07, 6.45) is 0. The van der Waals surface area contributed by atoms with Crippen LogP contribution in [0.4, 0.5) is 5.69 Å². The second-order valence-electron chi connectivity index (χ2n) is 5.77. The van der Waals surface area contributed by atoms with E-state index in [0.717, 1.165) is 18.8 Å². The molecule has 0 atom stereocenters. The second kappa shape index (κ2) is 5.50. The molecular formula is C14H20N4O2. The lowest BCUT2D eigenvalue weighted by Crippen LogP contribution is -2.38. The molecule has 6 nitrogen and oxygen atoms in total. The van der Waals surface area contributed by atoms with Gasteiger partial charge in [-0.05, 0) is 39.0 Å². The Morgan fingerprint density at radius 1 is 1.00 bits per heavy atom. The summed E-state index contributed by atoms with van der Waals surface area (Å²) in [5, 5.41) is 6.64. The van der Waals surface area contributed by atoms with Crippen molar-refractivity contribution in [3.05, 3.63) is 38.9 Å². The molecule has 0 amide bonds. The number of benzene rings is 1. The van der Waals surface area contributed by atoms with Crippen LogP contribution in [0, 0.1) is 0 Å². The van der Waals surface area contributed by atoms with Gasteiger partial charge in [0.2, 0.25) is 0 Å².